The van der Waals surface area contributed by atoms with Gasteiger partial charge in [0.1, 0.15) is 0 Å². The van der Waals surface area contributed by atoms with Crippen LogP contribution in [0, 0.1) is 5.92 Å². The average molecular weight is 492 g/mol. The monoisotopic (exact) mass is 492 g/mol. The molecule has 0 saturated heterocycles. The molecule has 0 aromatic carbocycles. The van der Waals surface area contributed by atoms with Crippen molar-refractivity contribution in [3.63, 3.8) is 0 Å². The predicted octanol–water partition coefficient (Wildman–Crippen LogP) is 4.26. The van der Waals surface area contributed by atoms with Crippen LogP contribution in [-0.2, 0) is 45.9 Å². The molecule has 0 aromatic rings. The number of esters is 2. The number of ether oxygens (including phenoxy) is 1. The van der Waals surface area contributed by atoms with E-state index in [0.717, 1.165) is 18.8 Å². The fraction of sp³-hybridized carbons (Fsp3) is 0.739. The van der Waals surface area contributed by atoms with Crippen molar-refractivity contribution in [3.05, 3.63) is 12.2 Å². The van der Waals surface area contributed by atoms with Gasteiger partial charge in [0.25, 0.3) is 0 Å². The first kappa shape index (κ1) is 32.8. The van der Waals surface area contributed by atoms with Crippen LogP contribution in [0.5, 0.6) is 0 Å². The minimum absolute atomic E-state index is 0.121. The summed E-state index contributed by atoms with van der Waals surface area (Å²) in [6, 6.07) is 0. The van der Waals surface area contributed by atoms with Gasteiger partial charge < -0.3 is 4.74 Å². The Labute approximate surface area is 198 Å². The molecule has 0 bridgehead atoms. The first-order valence-corrected chi connectivity index (χ1v) is 13.5. The van der Waals surface area contributed by atoms with E-state index in [9.17, 15) is 19.2 Å². The Kier molecular flexibility index (Phi) is 23.4. The summed E-state index contributed by atoms with van der Waals surface area (Å²) < 4.78 is 27.4. The standard InChI is InChI=1S/C23H38O5.2H2O.O.Ti/c1-19(2)16-14-12-10-8-6-4-5-7-9-11-13-15-17-21(25)20(3)23(27)28-22(26)18-24;;;;/h18-19H,3-17H2,1-2H3;2*1H2;;/q;;;;+2/p-2. The Hall–Kier alpha value is -1.35. The predicted molar refractivity (Wildman–Crippen MR) is 116 cm³/mol. The van der Waals surface area contributed by atoms with Crippen molar-refractivity contribution in [2.75, 3.05) is 0 Å². The van der Waals surface area contributed by atoms with Crippen molar-refractivity contribution in [2.45, 2.75) is 104 Å². The summed E-state index contributed by atoms with van der Waals surface area (Å²) in [5.41, 5.74) is -0.376. The number of Topliss-reactive ketones (excluding diaryl/α,β-unsaturated/α-hetero) is 1. The Morgan fingerprint density at radius 3 is 1.59 bits per heavy atom. The number of hydrogen-bond acceptors (Lipinski definition) is 6. The third-order valence-corrected chi connectivity index (χ3v) is 4.81. The molecule has 32 heavy (non-hydrogen) atoms. The number of carbonyl (C=O) groups excluding carboxylic acids is 4. The average Bonchev–Trinajstić information content (AvgIpc) is 2.72. The van der Waals surface area contributed by atoms with Gasteiger partial charge in [0.2, 0.25) is 6.29 Å². The Morgan fingerprint density at radius 1 is 0.844 bits per heavy atom. The molecule has 0 heterocycles. The van der Waals surface area contributed by atoms with Crippen molar-refractivity contribution >= 4 is 24.0 Å². The molecule has 0 aliphatic rings. The number of ketones is 1. The fourth-order valence-corrected chi connectivity index (χ4v) is 3.05. The fourth-order valence-electron chi connectivity index (χ4n) is 3.05. The molecule has 0 fully saturated rings. The molecular formula is C23H40O8Ti. The van der Waals surface area contributed by atoms with Crippen molar-refractivity contribution in [1.29, 1.82) is 0 Å². The second kappa shape index (κ2) is 22.8. The summed E-state index contributed by atoms with van der Waals surface area (Å²) >= 11 is -3.58. The summed E-state index contributed by atoms with van der Waals surface area (Å²) in [6.45, 7) is 7.90. The summed E-state index contributed by atoms with van der Waals surface area (Å²) in [7, 11) is 0. The maximum absolute atomic E-state index is 11.8. The normalized spacial score (nSPS) is 10.2. The molecule has 0 unspecified atom stereocenters. The van der Waals surface area contributed by atoms with Crippen LogP contribution in [0.15, 0.2) is 12.2 Å². The molecule has 0 radical (unpaired) electrons. The van der Waals surface area contributed by atoms with Crippen LogP contribution in [0.2, 0.25) is 0 Å². The number of unbranched alkanes of at least 4 members (excludes halogenated alkanes) is 11. The zero-order chi connectivity index (χ0) is 24.8. The van der Waals surface area contributed by atoms with E-state index in [1.807, 2.05) is 0 Å². The van der Waals surface area contributed by atoms with E-state index in [-0.39, 0.29) is 18.3 Å². The molecule has 0 aliphatic carbocycles. The van der Waals surface area contributed by atoms with E-state index in [2.05, 4.69) is 25.2 Å². The van der Waals surface area contributed by atoms with Crippen LogP contribution in [0.25, 0.3) is 0 Å². The summed E-state index contributed by atoms with van der Waals surface area (Å²) in [4.78, 5) is 44.0. The Morgan fingerprint density at radius 2 is 1.22 bits per heavy atom. The molecule has 0 saturated carbocycles. The van der Waals surface area contributed by atoms with Crippen LogP contribution in [0.3, 0.4) is 0 Å². The summed E-state index contributed by atoms with van der Waals surface area (Å²) in [5.74, 6) is -2.06. The molecule has 0 rings (SSSR count). The van der Waals surface area contributed by atoms with Crippen molar-refractivity contribution in [3.8, 4) is 0 Å². The van der Waals surface area contributed by atoms with Crippen LogP contribution >= 0.6 is 0 Å². The van der Waals surface area contributed by atoms with Crippen LogP contribution < -0.4 is 0 Å². The molecule has 0 aromatic heterocycles. The molecule has 0 amide bonds. The quantitative estimate of drug-likeness (QED) is 0.0424. The third kappa shape index (κ3) is 24.9. The van der Waals surface area contributed by atoms with E-state index in [0.29, 0.717) is 6.42 Å². The molecule has 0 atom stereocenters. The SMILES string of the molecule is C=C(C(=O)CCCCCCCCCCCCCCC(C)C)C(=O)OC(=O)C=O.[O]=[Ti]([OH])[OH]. The van der Waals surface area contributed by atoms with E-state index in [1.165, 1.54) is 64.2 Å². The molecule has 0 aliphatic heterocycles. The molecule has 0 spiro atoms. The van der Waals surface area contributed by atoms with Gasteiger partial charge in [0, 0.05) is 6.42 Å². The van der Waals surface area contributed by atoms with Gasteiger partial charge in [-0.1, -0.05) is 97.5 Å². The molecule has 2 N–H and O–H groups in total. The third-order valence-electron chi connectivity index (χ3n) is 4.81. The van der Waals surface area contributed by atoms with Gasteiger partial charge in [-0.15, -0.1) is 0 Å². The number of carbonyl (C=O) groups is 4. The summed E-state index contributed by atoms with van der Waals surface area (Å²) in [5, 5.41) is 0. The Balaban J connectivity index is 0. The van der Waals surface area contributed by atoms with Crippen molar-refractivity contribution in [2.24, 2.45) is 5.92 Å². The molecular weight excluding hydrogens is 452 g/mol. The van der Waals surface area contributed by atoms with E-state index < -0.39 is 36.3 Å². The van der Waals surface area contributed by atoms with Crippen molar-refractivity contribution < 1.29 is 53.2 Å². The first-order chi connectivity index (χ1) is 15.1. The van der Waals surface area contributed by atoms with Gasteiger partial charge >= 0.3 is 41.3 Å². The number of rotatable bonds is 18. The van der Waals surface area contributed by atoms with Gasteiger partial charge in [-0.05, 0) is 12.3 Å². The second-order valence-electron chi connectivity index (χ2n) is 8.19. The Bertz CT molecular complexity index is 583. The number of hydrogen-bond donors (Lipinski definition) is 2. The topological polar surface area (TPSA) is 135 Å². The van der Waals surface area contributed by atoms with Gasteiger partial charge in [-0.25, -0.2) is 9.59 Å². The van der Waals surface area contributed by atoms with Crippen LogP contribution in [-0.4, -0.2) is 31.4 Å². The minimum atomic E-state index is -3.58. The molecule has 9 heteroatoms. The first-order valence-electron chi connectivity index (χ1n) is 11.5. The molecule has 8 nitrogen and oxygen atoms in total. The molecule has 184 valence electrons. The zero-order valence-electron chi connectivity index (χ0n) is 19.6. The second-order valence-corrected chi connectivity index (χ2v) is 9.07. The van der Waals surface area contributed by atoms with Gasteiger partial charge in [0.15, 0.2) is 5.78 Å². The number of aldehydes is 1. The van der Waals surface area contributed by atoms with E-state index in [1.54, 1.807) is 0 Å². The van der Waals surface area contributed by atoms with Gasteiger partial charge in [0.05, 0.1) is 5.57 Å². The summed E-state index contributed by atoms with van der Waals surface area (Å²) in [6.07, 6.45) is 15.9. The maximum atomic E-state index is 11.8. The van der Waals surface area contributed by atoms with Gasteiger partial charge in [-0.2, -0.15) is 0 Å². The van der Waals surface area contributed by atoms with E-state index >= 15 is 0 Å². The van der Waals surface area contributed by atoms with Gasteiger partial charge in [-0.3, -0.25) is 9.59 Å². The van der Waals surface area contributed by atoms with Crippen LogP contribution in [0.1, 0.15) is 104 Å². The van der Waals surface area contributed by atoms with Crippen LogP contribution in [0.4, 0.5) is 0 Å². The zero-order valence-corrected chi connectivity index (χ0v) is 21.2. The van der Waals surface area contributed by atoms with Crippen molar-refractivity contribution in [1.82, 2.24) is 0 Å². The van der Waals surface area contributed by atoms with E-state index in [4.69, 9.17) is 10.7 Å².